The van der Waals surface area contributed by atoms with Crippen molar-refractivity contribution in [2.45, 2.75) is 16.7 Å². The van der Waals surface area contributed by atoms with Gasteiger partial charge in [-0.25, -0.2) is 4.79 Å². The molecule has 3 rings (SSSR count). The molecule has 0 saturated heterocycles. The van der Waals surface area contributed by atoms with Crippen LogP contribution < -0.4 is 0 Å². The predicted octanol–water partition coefficient (Wildman–Crippen LogP) is 4.82. The van der Waals surface area contributed by atoms with Crippen LogP contribution in [-0.4, -0.2) is 23.2 Å². The van der Waals surface area contributed by atoms with Crippen molar-refractivity contribution in [3.05, 3.63) is 96.1 Å². The smallest absolute Gasteiger partial charge is 0.312 e. The first-order valence-corrected chi connectivity index (χ1v) is 9.59. The van der Waals surface area contributed by atoms with Crippen molar-refractivity contribution in [1.29, 1.82) is 0 Å². The van der Waals surface area contributed by atoms with Gasteiger partial charge in [0.25, 0.3) is 0 Å². The van der Waals surface area contributed by atoms with E-state index in [4.69, 9.17) is 4.84 Å². The number of hydrogen-bond acceptors (Lipinski definition) is 6. The highest BCUT2D eigenvalue weighted by Crippen LogP contribution is 2.27. The second-order valence-electron chi connectivity index (χ2n) is 6.01. The minimum Gasteiger partial charge on any atom is -0.312 e. The number of rotatable bonds is 7. The molecule has 3 aromatic rings. The molecule has 0 aromatic heterocycles. The Balaban J connectivity index is 1.73. The summed E-state index contributed by atoms with van der Waals surface area (Å²) in [5.74, 6) is -1.93. The summed E-state index contributed by atoms with van der Waals surface area (Å²) in [4.78, 5) is 43.3. The number of carbonyl (C=O) groups excluding carboxylic acids is 3. The number of ketones is 2. The average Bonchev–Trinajstić information content (AvgIpc) is 2.75. The Bertz CT molecular complexity index is 1050. The molecule has 0 bridgehead atoms. The van der Waals surface area contributed by atoms with Crippen LogP contribution in [0.1, 0.15) is 27.6 Å². The Labute approximate surface area is 172 Å². The molecule has 0 radical (unpaired) electrons. The molecule has 144 valence electrons. The van der Waals surface area contributed by atoms with Crippen LogP contribution in [0.5, 0.6) is 0 Å². The van der Waals surface area contributed by atoms with Gasteiger partial charge in [-0.1, -0.05) is 53.3 Å². The summed E-state index contributed by atoms with van der Waals surface area (Å²) in [6.07, 6.45) is 0. The van der Waals surface area contributed by atoms with E-state index < -0.39 is 23.2 Å². The molecular weight excluding hydrogens is 386 g/mol. The van der Waals surface area contributed by atoms with Crippen LogP contribution >= 0.6 is 11.8 Å². The van der Waals surface area contributed by atoms with Gasteiger partial charge in [-0.2, -0.15) is 0 Å². The highest BCUT2D eigenvalue weighted by molar-refractivity contribution is 7.99. The second-order valence-corrected chi connectivity index (χ2v) is 7.16. The average molecular weight is 403 g/mol. The summed E-state index contributed by atoms with van der Waals surface area (Å²) in [6.45, 7) is 1.20. The summed E-state index contributed by atoms with van der Waals surface area (Å²) in [5, 5.41) is 3.53. The second kappa shape index (κ2) is 9.61. The maximum Gasteiger partial charge on any atom is 0.365 e. The van der Waals surface area contributed by atoms with Crippen LogP contribution in [0.15, 0.2) is 99.9 Å². The molecular formula is C23H17NO4S. The highest BCUT2D eigenvalue weighted by Gasteiger charge is 2.21. The first-order valence-electron chi connectivity index (χ1n) is 8.77. The molecule has 3 aromatic carbocycles. The lowest BCUT2D eigenvalue weighted by atomic mass is 10.0. The van der Waals surface area contributed by atoms with Crippen LogP contribution in [0.2, 0.25) is 0 Å². The van der Waals surface area contributed by atoms with Crippen LogP contribution in [-0.2, 0) is 9.63 Å². The van der Waals surface area contributed by atoms with E-state index >= 15 is 0 Å². The minimum atomic E-state index is -0.744. The SMILES string of the molecule is CC(=O)C(=NOC(=O)c1ccccc1)C(=O)c1ccc(Sc2ccccc2)cc1. The van der Waals surface area contributed by atoms with Gasteiger partial charge in [-0.15, -0.1) is 0 Å². The first kappa shape index (κ1) is 20.2. The molecule has 0 saturated carbocycles. The molecule has 0 aliphatic rings. The maximum atomic E-state index is 12.7. The Morgan fingerprint density at radius 2 is 1.28 bits per heavy atom. The molecule has 0 heterocycles. The molecule has 0 aliphatic carbocycles. The molecule has 0 N–H and O–H groups in total. The zero-order chi connectivity index (χ0) is 20.6. The van der Waals surface area contributed by atoms with Gasteiger partial charge < -0.3 is 4.84 Å². The Kier molecular flexibility index (Phi) is 6.71. The molecule has 0 amide bonds. The molecule has 0 atom stereocenters. The largest absolute Gasteiger partial charge is 0.365 e. The summed E-state index contributed by atoms with van der Waals surface area (Å²) >= 11 is 1.56. The normalized spacial score (nSPS) is 11.0. The lowest BCUT2D eigenvalue weighted by Crippen LogP contribution is -2.23. The number of benzene rings is 3. The van der Waals surface area contributed by atoms with Crippen LogP contribution in [0.3, 0.4) is 0 Å². The van der Waals surface area contributed by atoms with Crippen LogP contribution in [0.25, 0.3) is 0 Å². The van der Waals surface area contributed by atoms with E-state index in [-0.39, 0.29) is 11.1 Å². The number of hydrogen-bond donors (Lipinski definition) is 0. The number of nitrogens with zero attached hydrogens (tertiary/aromatic N) is 1. The van der Waals surface area contributed by atoms with Gasteiger partial charge in [0.2, 0.25) is 5.78 Å². The predicted molar refractivity (Wildman–Crippen MR) is 111 cm³/mol. The third kappa shape index (κ3) is 5.49. The number of oxime groups is 1. The zero-order valence-corrected chi connectivity index (χ0v) is 16.4. The fraction of sp³-hybridized carbons (Fsp3) is 0.0435. The van der Waals surface area contributed by atoms with Gasteiger partial charge in [0.1, 0.15) is 0 Å². The summed E-state index contributed by atoms with van der Waals surface area (Å²) in [7, 11) is 0. The molecule has 0 fully saturated rings. The van der Waals surface area contributed by atoms with Crippen molar-refractivity contribution in [1.82, 2.24) is 0 Å². The van der Waals surface area contributed by atoms with Gasteiger partial charge in [0, 0.05) is 22.3 Å². The van der Waals surface area contributed by atoms with E-state index in [1.807, 2.05) is 30.3 Å². The number of carbonyl (C=O) groups is 3. The van der Waals surface area contributed by atoms with E-state index in [0.717, 1.165) is 9.79 Å². The minimum absolute atomic E-state index is 0.272. The fourth-order valence-corrected chi connectivity index (χ4v) is 3.25. The fourth-order valence-electron chi connectivity index (χ4n) is 2.42. The van der Waals surface area contributed by atoms with E-state index in [0.29, 0.717) is 0 Å². The topological polar surface area (TPSA) is 72.8 Å². The molecule has 0 unspecified atom stereocenters. The summed E-state index contributed by atoms with van der Waals surface area (Å²) in [6, 6.07) is 24.8. The lowest BCUT2D eigenvalue weighted by molar-refractivity contribution is -0.111. The van der Waals surface area contributed by atoms with Crippen LogP contribution in [0, 0.1) is 0 Å². The third-order valence-corrected chi connectivity index (χ3v) is 4.89. The monoisotopic (exact) mass is 403 g/mol. The van der Waals surface area contributed by atoms with Crippen molar-refractivity contribution in [3.8, 4) is 0 Å². The van der Waals surface area contributed by atoms with Gasteiger partial charge in [-0.3, -0.25) is 9.59 Å². The van der Waals surface area contributed by atoms with Gasteiger partial charge in [-0.05, 0) is 48.5 Å². The third-order valence-electron chi connectivity index (χ3n) is 3.87. The molecule has 5 nitrogen and oxygen atoms in total. The standard InChI is InChI=1S/C23H17NO4S/c1-16(25)21(24-28-23(27)18-8-4-2-5-9-18)22(26)17-12-14-20(15-13-17)29-19-10-6-3-7-11-19/h2-15H,1H3. The zero-order valence-electron chi connectivity index (χ0n) is 15.6. The van der Waals surface area contributed by atoms with Gasteiger partial charge in [0.05, 0.1) is 5.56 Å². The van der Waals surface area contributed by atoms with Gasteiger partial charge >= 0.3 is 5.97 Å². The van der Waals surface area contributed by atoms with Gasteiger partial charge in [0.15, 0.2) is 11.5 Å². The Morgan fingerprint density at radius 1 is 0.724 bits per heavy atom. The Hall–Kier alpha value is -3.51. The van der Waals surface area contributed by atoms with E-state index in [2.05, 4.69) is 5.16 Å². The highest BCUT2D eigenvalue weighted by atomic mass is 32.2. The molecule has 0 aliphatic heterocycles. The molecule has 6 heteroatoms. The van der Waals surface area contributed by atoms with E-state index in [1.54, 1.807) is 66.4 Å². The maximum absolute atomic E-state index is 12.7. The van der Waals surface area contributed by atoms with Crippen molar-refractivity contribution < 1.29 is 19.2 Å². The van der Waals surface area contributed by atoms with E-state index in [9.17, 15) is 14.4 Å². The van der Waals surface area contributed by atoms with Crippen molar-refractivity contribution in [3.63, 3.8) is 0 Å². The number of Topliss-reactive ketones (excluding diaryl/α,β-unsaturated/α-hetero) is 2. The summed E-state index contributed by atoms with van der Waals surface area (Å²) < 4.78 is 0. The van der Waals surface area contributed by atoms with E-state index in [1.165, 1.54) is 6.92 Å². The van der Waals surface area contributed by atoms with Crippen molar-refractivity contribution in [2.24, 2.45) is 5.16 Å². The molecule has 29 heavy (non-hydrogen) atoms. The van der Waals surface area contributed by atoms with Crippen molar-refractivity contribution in [2.75, 3.05) is 0 Å². The first-order chi connectivity index (χ1) is 14.0. The Morgan fingerprint density at radius 3 is 1.86 bits per heavy atom. The summed E-state index contributed by atoms with van der Waals surface area (Å²) in [5.41, 5.74) is 0.124. The molecule has 0 spiro atoms. The van der Waals surface area contributed by atoms with Crippen LogP contribution in [0.4, 0.5) is 0 Å². The van der Waals surface area contributed by atoms with Crippen molar-refractivity contribution >= 4 is 35.0 Å². The quantitative estimate of drug-likeness (QED) is 0.186. The lowest BCUT2D eigenvalue weighted by Gasteiger charge is -2.05.